The molecular weight excluding hydrogens is 299 g/mol. The Labute approximate surface area is 123 Å². The molecule has 0 aliphatic heterocycles. The van der Waals surface area contributed by atoms with Crippen LogP contribution in [0.15, 0.2) is 10.6 Å². The molecule has 0 fully saturated rings. The Hall–Kier alpha value is -1.21. The lowest BCUT2D eigenvalue weighted by Gasteiger charge is -2.21. The van der Waals surface area contributed by atoms with Crippen molar-refractivity contribution in [3.05, 3.63) is 11.8 Å². The molecule has 1 atom stereocenters. The lowest BCUT2D eigenvalue weighted by atomic mass is 9.93. The van der Waals surface area contributed by atoms with E-state index in [-0.39, 0.29) is 11.2 Å². The highest BCUT2D eigenvalue weighted by atomic mass is 31.2. The van der Waals surface area contributed by atoms with Crippen molar-refractivity contribution in [2.75, 3.05) is 26.6 Å². The van der Waals surface area contributed by atoms with E-state index in [9.17, 15) is 9.36 Å². The highest BCUT2D eigenvalue weighted by Crippen LogP contribution is 2.52. The summed E-state index contributed by atoms with van der Waals surface area (Å²) in [7, 11) is -0.112. The predicted octanol–water partition coefficient (Wildman–Crippen LogP) is 2.37. The first-order chi connectivity index (χ1) is 9.67. The number of anilines is 1. The summed E-state index contributed by atoms with van der Waals surface area (Å²) in [4.78, 5) is 12.1. The van der Waals surface area contributed by atoms with Gasteiger partial charge in [0.05, 0.1) is 0 Å². The van der Waals surface area contributed by atoms with Gasteiger partial charge in [0.25, 0.3) is 5.91 Å². The number of ether oxygens (including phenoxy) is 1. The number of carbonyl (C=O) groups excluding carboxylic acids is 1. The van der Waals surface area contributed by atoms with E-state index in [1.807, 2.05) is 20.8 Å². The van der Waals surface area contributed by atoms with Crippen LogP contribution >= 0.6 is 7.60 Å². The van der Waals surface area contributed by atoms with E-state index in [1.165, 1.54) is 21.3 Å². The normalized spacial score (nSPS) is 14.0. The van der Waals surface area contributed by atoms with Gasteiger partial charge in [0.1, 0.15) is 5.76 Å². The second-order valence-electron chi connectivity index (χ2n) is 5.31. The summed E-state index contributed by atoms with van der Waals surface area (Å²) in [5, 5.41) is 6.20. The Kier molecular flexibility index (Phi) is 5.69. The van der Waals surface area contributed by atoms with Gasteiger partial charge in [-0.15, -0.1) is 0 Å². The molecule has 0 aliphatic rings. The third kappa shape index (κ3) is 4.14. The monoisotopic (exact) mass is 320 g/mol. The number of rotatable bonds is 6. The molecule has 0 saturated carbocycles. The number of hydrogen-bond donors (Lipinski definition) is 1. The van der Waals surface area contributed by atoms with E-state index in [1.54, 1.807) is 6.07 Å². The zero-order valence-corrected chi connectivity index (χ0v) is 13.9. The van der Waals surface area contributed by atoms with Gasteiger partial charge in [0.15, 0.2) is 5.82 Å². The topological polar surface area (TPSA) is 99.9 Å². The molecule has 1 unspecified atom stereocenters. The van der Waals surface area contributed by atoms with Gasteiger partial charge in [0, 0.05) is 32.8 Å². The molecule has 0 spiro atoms. The molecule has 0 bridgehead atoms. The fraction of sp³-hybridized carbons (Fsp3) is 0.667. The zero-order valence-electron chi connectivity index (χ0n) is 13.0. The Morgan fingerprint density at radius 1 is 1.33 bits per heavy atom. The lowest BCUT2D eigenvalue weighted by Crippen LogP contribution is -2.30. The molecule has 9 heteroatoms. The molecular formula is C12H21N2O6P. The number of aromatic nitrogens is 1. The summed E-state index contributed by atoms with van der Waals surface area (Å²) in [6.07, 6.45) is 0. The van der Waals surface area contributed by atoms with Gasteiger partial charge in [-0.25, -0.2) is 0 Å². The second kappa shape index (κ2) is 6.70. The molecule has 1 N–H and O–H groups in total. The van der Waals surface area contributed by atoms with Gasteiger partial charge in [-0.3, -0.25) is 9.36 Å². The molecule has 21 heavy (non-hydrogen) atoms. The van der Waals surface area contributed by atoms with Crippen molar-refractivity contribution in [3.8, 4) is 0 Å². The molecule has 0 radical (unpaired) electrons. The van der Waals surface area contributed by atoms with Gasteiger partial charge in [-0.1, -0.05) is 25.9 Å². The Balaban J connectivity index is 2.89. The first kappa shape index (κ1) is 17.8. The second-order valence-corrected chi connectivity index (χ2v) is 7.59. The minimum Gasteiger partial charge on any atom is -0.360 e. The summed E-state index contributed by atoms with van der Waals surface area (Å²) in [6.45, 7) is 5.84. The molecule has 120 valence electrons. The molecule has 1 heterocycles. The summed E-state index contributed by atoms with van der Waals surface area (Å²) in [5.41, 5.74) is -0.245. The molecule has 8 nitrogen and oxygen atoms in total. The minimum atomic E-state index is -3.70. The van der Waals surface area contributed by atoms with E-state index >= 15 is 0 Å². The lowest BCUT2D eigenvalue weighted by molar-refractivity contribution is -0.122. The van der Waals surface area contributed by atoms with Gasteiger partial charge in [-0.2, -0.15) is 0 Å². The van der Waals surface area contributed by atoms with Crippen LogP contribution < -0.4 is 5.32 Å². The quantitative estimate of drug-likeness (QED) is 0.803. The Morgan fingerprint density at radius 3 is 2.29 bits per heavy atom. The fourth-order valence-electron chi connectivity index (χ4n) is 1.52. The van der Waals surface area contributed by atoms with Crippen LogP contribution in [0, 0.1) is 0 Å². The van der Waals surface area contributed by atoms with Crippen LogP contribution in [0.3, 0.4) is 0 Å². The third-order valence-electron chi connectivity index (χ3n) is 2.74. The van der Waals surface area contributed by atoms with Crippen LogP contribution in [0.25, 0.3) is 0 Å². The smallest absolute Gasteiger partial charge is 0.360 e. The average Bonchev–Trinajstić information content (AvgIpc) is 2.87. The fourth-order valence-corrected chi connectivity index (χ4v) is 2.66. The molecule has 0 saturated heterocycles. The number of carbonyl (C=O) groups is 1. The van der Waals surface area contributed by atoms with Crippen LogP contribution in [-0.2, 0) is 28.6 Å². The van der Waals surface area contributed by atoms with E-state index in [2.05, 4.69) is 10.5 Å². The van der Waals surface area contributed by atoms with Crippen molar-refractivity contribution in [2.24, 2.45) is 0 Å². The van der Waals surface area contributed by atoms with Crippen LogP contribution in [0.2, 0.25) is 0 Å². The largest absolute Gasteiger partial charge is 0.368 e. The van der Waals surface area contributed by atoms with Crippen LogP contribution in [-0.4, -0.2) is 38.2 Å². The van der Waals surface area contributed by atoms with E-state index in [0.29, 0.717) is 5.76 Å². The number of amides is 1. The standard InChI is InChI=1S/C12H21N2O6P/c1-12(2,3)8-7-9(14-20-8)13-10(15)11(17-4)21(16,18-5)19-6/h7,11H,1-6H3,(H,13,14,15). The number of nitrogens with zero attached hydrogens (tertiary/aromatic N) is 1. The zero-order chi connectivity index (χ0) is 16.3. The molecule has 1 rings (SSSR count). The third-order valence-corrected chi connectivity index (χ3v) is 4.78. The molecule has 1 aromatic rings. The van der Waals surface area contributed by atoms with Gasteiger partial charge >= 0.3 is 7.60 Å². The van der Waals surface area contributed by atoms with Crippen molar-refractivity contribution in [1.82, 2.24) is 5.16 Å². The molecule has 0 aromatic carbocycles. The summed E-state index contributed by atoms with van der Waals surface area (Å²) >= 11 is 0. The van der Waals surface area contributed by atoms with Crippen molar-refractivity contribution < 1.29 is 27.7 Å². The van der Waals surface area contributed by atoms with E-state index in [4.69, 9.17) is 18.3 Å². The number of hydrogen-bond acceptors (Lipinski definition) is 7. The van der Waals surface area contributed by atoms with Crippen molar-refractivity contribution in [2.45, 2.75) is 32.0 Å². The average molecular weight is 320 g/mol. The number of methoxy groups -OCH3 is 1. The minimum absolute atomic E-state index is 0.200. The van der Waals surface area contributed by atoms with Gasteiger partial charge < -0.3 is 23.6 Å². The van der Waals surface area contributed by atoms with Crippen molar-refractivity contribution in [1.29, 1.82) is 0 Å². The van der Waals surface area contributed by atoms with Crippen LogP contribution in [0.1, 0.15) is 26.5 Å². The van der Waals surface area contributed by atoms with Crippen LogP contribution in [0.4, 0.5) is 5.82 Å². The Bertz CT molecular complexity index is 528. The first-order valence-corrected chi connectivity index (χ1v) is 7.81. The molecule has 0 aliphatic carbocycles. The summed E-state index contributed by atoms with van der Waals surface area (Å²) in [6, 6.07) is 1.59. The SMILES string of the molecule is COC(C(=O)Nc1cc(C(C)(C)C)on1)P(=O)(OC)OC. The van der Waals surface area contributed by atoms with Gasteiger partial charge in [-0.05, 0) is 0 Å². The van der Waals surface area contributed by atoms with Crippen molar-refractivity contribution >= 4 is 19.3 Å². The highest BCUT2D eigenvalue weighted by Gasteiger charge is 2.40. The maximum Gasteiger partial charge on any atom is 0.368 e. The maximum absolute atomic E-state index is 12.2. The highest BCUT2D eigenvalue weighted by molar-refractivity contribution is 7.55. The van der Waals surface area contributed by atoms with E-state index < -0.39 is 19.3 Å². The summed E-state index contributed by atoms with van der Waals surface area (Å²) < 4.78 is 31.8. The van der Waals surface area contributed by atoms with Crippen molar-refractivity contribution in [3.63, 3.8) is 0 Å². The summed E-state index contributed by atoms with van der Waals surface area (Å²) in [5.74, 6) is -1.29. The first-order valence-electron chi connectivity index (χ1n) is 6.20. The maximum atomic E-state index is 12.2. The molecule has 1 aromatic heterocycles. The molecule has 1 amide bonds. The van der Waals surface area contributed by atoms with Crippen LogP contribution in [0.5, 0.6) is 0 Å². The van der Waals surface area contributed by atoms with E-state index in [0.717, 1.165) is 0 Å². The predicted molar refractivity (Wildman–Crippen MR) is 76.3 cm³/mol. The number of nitrogens with one attached hydrogen (secondary N) is 1. The Morgan fingerprint density at radius 2 is 1.90 bits per heavy atom. The van der Waals surface area contributed by atoms with Gasteiger partial charge in [0.2, 0.25) is 5.85 Å².